The molecule has 20 heavy (non-hydrogen) atoms. The number of anilines is 1. The molecular weight excluding hydrogens is 254 g/mol. The molecule has 1 N–H and O–H groups in total. The van der Waals surface area contributed by atoms with E-state index in [1.807, 2.05) is 12.1 Å². The van der Waals surface area contributed by atoms with Crippen LogP contribution in [0.2, 0.25) is 0 Å². The third-order valence-corrected chi connectivity index (χ3v) is 2.89. The standard InChI is InChI=1S/C15H19N3O2/c1-4-5-11-6-8-12(9-7-11)20-15-13(19-3)14(16-2)17-10-18-15/h6-10H,4-5H2,1-3H3,(H,16,17,18). The van der Waals surface area contributed by atoms with E-state index in [0.717, 1.165) is 18.6 Å². The monoisotopic (exact) mass is 273 g/mol. The van der Waals surface area contributed by atoms with E-state index in [9.17, 15) is 0 Å². The lowest BCUT2D eigenvalue weighted by atomic mass is 10.1. The summed E-state index contributed by atoms with van der Waals surface area (Å²) < 4.78 is 11.0. The van der Waals surface area contributed by atoms with Crippen molar-refractivity contribution in [3.8, 4) is 17.4 Å². The van der Waals surface area contributed by atoms with Gasteiger partial charge in [0, 0.05) is 7.05 Å². The fourth-order valence-electron chi connectivity index (χ4n) is 1.92. The minimum Gasteiger partial charge on any atom is -0.489 e. The summed E-state index contributed by atoms with van der Waals surface area (Å²) in [6, 6.07) is 7.99. The van der Waals surface area contributed by atoms with Gasteiger partial charge in [-0.25, -0.2) is 4.98 Å². The van der Waals surface area contributed by atoms with E-state index in [2.05, 4.69) is 34.3 Å². The van der Waals surface area contributed by atoms with Crippen LogP contribution < -0.4 is 14.8 Å². The topological polar surface area (TPSA) is 56.3 Å². The maximum atomic E-state index is 5.76. The molecule has 0 saturated heterocycles. The zero-order chi connectivity index (χ0) is 14.4. The number of nitrogens with one attached hydrogen (secondary N) is 1. The highest BCUT2D eigenvalue weighted by molar-refractivity contribution is 5.55. The number of aromatic nitrogens is 2. The molecule has 0 atom stereocenters. The van der Waals surface area contributed by atoms with E-state index >= 15 is 0 Å². The molecule has 106 valence electrons. The predicted octanol–water partition coefficient (Wildman–Crippen LogP) is 3.27. The number of aryl methyl sites for hydroxylation is 1. The third kappa shape index (κ3) is 3.17. The maximum Gasteiger partial charge on any atom is 0.268 e. The molecule has 0 fully saturated rings. The van der Waals surface area contributed by atoms with Crippen molar-refractivity contribution in [2.75, 3.05) is 19.5 Å². The second-order valence-electron chi connectivity index (χ2n) is 4.31. The molecule has 1 aromatic heterocycles. The minimum absolute atomic E-state index is 0.398. The van der Waals surface area contributed by atoms with E-state index in [-0.39, 0.29) is 0 Å². The highest BCUT2D eigenvalue weighted by atomic mass is 16.5. The zero-order valence-electron chi connectivity index (χ0n) is 12.0. The molecule has 0 aliphatic carbocycles. The van der Waals surface area contributed by atoms with Crippen LogP contribution in [0.25, 0.3) is 0 Å². The van der Waals surface area contributed by atoms with Gasteiger partial charge in [-0.3, -0.25) is 0 Å². The van der Waals surface area contributed by atoms with Crippen molar-refractivity contribution < 1.29 is 9.47 Å². The molecule has 0 spiro atoms. The number of benzene rings is 1. The van der Waals surface area contributed by atoms with E-state index in [0.29, 0.717) is 17.4 Å². The fourth-order valence-corrected chi connectivity index (χ4v) is 1.92. The Balaban J connectivity index is 2.21. The normalized spacial score (nSPS) is 10.2. The lowest BCUT2D eigenvalue weighted by Crippen LogP contribution is -2.00. The van der Waals surface area contributed by atoms with Crippen molar-refractivity contribution in [1.29, 1.82) is 0 Å². The Bertz CT molecular complexity index is 556. The Morgan fingerprint density at radius 2 is 1.90 bits per heavy atom. The number of methoxy groups -OCH3 is 1. The summed E-state index contributed by atoms with van der Waals surface area (Å²) in [5.41, 5.74) is 1.30. The van der Waals surface area contributed by atoms with Crippen LogP contribution in [0.3, 0.4) is 0 Å². The number of nitrogens with zero attached hydrogens (tertiary/aromatic N) is 2. The molecule has 5 nitrogen and oxygen atoms in total. The number of hydrogen-bond acceptors (Lipinski definition) is 5. The molecule has 0 amide bonds. The molecular formula is C15H19N3O2. The minimum atomic E-state index is 0.398. The molecule has 0 aliphatic rings. The summed E-state index contributed by atoms with van der Waals surface area (Å²) in [7, 11) is 3.34. The van der Waals surface area contributed by atoms with Gasteiger partial charge in [-0.15, -0.1) is 0 Å². The van der Waals surface area contributed by atoms with Gasteiger partial charge in [-0.2, -0.15) is 4.98 Å². The second kappa shape index (κ2) is 6.75. The molecule has 2 aromatic rings. The van der Waals surface area contributed by atoms with Crippen molar-refractivity contribution in [2.45, 2.75) is 19.8 Å². The summed E-state index contributed by atoms with van der Waals surface area (Å²) in [6.07, 6.45) is 3.64. The quantitative estimate of drug-likeness (QED) is 0.875. The highest BCUT2D eigenvalue weighted by Gasteiger charge is 2.13. The molecule has 0 bridgehead atoms. The van der Waals surface area contributed by atoms with Gasteiger partial charge in [0.1, 0.15) is 12.1 Å². The molecule has 1 heterocycles. The molecule has 0 aliphatic heterocycles. The van der Waals surface area contributed by atoms with Gasteiger partial charge >= 0.3 is 0 Å². The van der Waals surface area contributed by atoms with Gasteiger partial charge in [-0.1, -0.05) is 25.5 Å². The largest absolute Gasteiger partial charge is 0.489 e. The summed E-state index contributed by atoms with van der Waals surface area (Å²) in [4.78, 5) is 8.20. The van der Waals surface area contributed by atoms with E-state index < -0.39 is 0 Å². The Kier molecular flexibility index (Phi) is 4.76. The van der Waals surface area contributed by atoms with Crippen molar-refractivity contribution in [1.82, 2.24) is 9.97 Å². The van der Waals surface area contributed by atoms with Crippen molar-refractivity contribution in [2.24, 2.45) is 0 Å². The molecule has 0 unspecified atom stereocenters. The SMILES string of the molecule is CCCc1ccc(Oc2ncnc(NC)c2OC)cc1. The van der Waals surface area contributed by atoms with Crippen LogP contribution in [-0.2, 0) is 6.42 Å². The number of ether oxygens (including phenoxy) is 2. The summed E-state index contributed by atoms with van der Waals surface area (Å²) in [6.45, 7) is 2.16. The van der Waals surface area contributed by atoms with Crippen molar-refractivity contribution in [3.63, 3.8) is 0 Å². The predicted molar refractivity (Wildman–Crippen MR) is 78.6 cm³/mol. The maximum absolute atomic E-state index is 5.76. The van der Waals surface area contributed by atoms with Gasteiger partial charge in [0.2, 0.25) is 5.75 Å². The lowest BCUT2D eigenvalue weighted by molar-refractivity contribution is 0.369. The van der Waals surface area contributed by atoms with Crippen molar-refractivity contribution >= 4 is 5.82 Å². The smallest absolute Gasteiger partial charge is 0.268 e. The van der Waals surface area contributed by atoms with Crippen LogP contribution >= 0.6 is 0 Å². The van der Waals surface area contributed by atoms with Crippen molar-refractivity contribution in [3.05, 3.63) is 36.2 Å². The van der Waals surface area contributed by atoms with E-state index in [1.54, 1.807) is 14.2 Å². The van der Waals surface area contributed by atoms with E-state index in [1.165, 1.54) is 11.9 Å². The van der Waals surface area contributed by atoms with Crippen LogP contribution in [0.5, 0.6) is 17.4 Å². The second-order valence-corrected chi connectivity index (χ2v) is 4.31. The van der Waals surface area contributed by atoms with Gasteiger partial charge in [0.05, 0.1) is 7.11 Å². The average Bonchev–Trinajstić information content (AvgIpc) is 2.49. The number of hydrogen-bond donors (Lipinski definition) is 1. The Morgan fingerprint density at radius 1 is 1.15 bits per heavy atom. The van der Waals surface area contributed by atoms with Crippen LogP contribution in [0, 0.1) is 0 Å². The summed E-state index contributed by atoms with van der Waals surface area (Å²) in [5, 5.41) is 2.94. The Morgan fingerprint density at radius 3 is 2.50 bits per heavy atom. The number of rotatable bonds is 6. The average molecular weight is 273 g/mol. The van der Waals surface area contributed by atoms with Crippen LogP contribution in [0.1, 0.15) is 18.9 Å². The zero-order valence-corrected chi connectivity index (χ0v) is 12.0. The molecule has 0 radical (unpaired) electrons. The first-order chi connectivity index (χ1) is 9.78. The molecule has 1 aromatic carbocycles. The van der Waals surface area contributed by atoms with Crippen LogP contribution in [-0.4, -0.2) is 24.1 Å². The highest BCUT2D eigenvalue weighted by Crippen LogP contribution is 2.33. The van der Waals surface area contributed by atoms with Crippen LogP contribution in [0.15, 0.2) is 30.6 Å². The third-order valence-electron chi connectivity index (χ3n) is 2.89. The Labute approximate surface area is 119 Å². The molecule has 0 saturated carbocycles. The van der Waals surface area contributed by atoms with Gasteiger partial charge in [0.15, 0.2) is 5.82 Å². The first-order valence-corrected chi connectivity index (χ1v) is 6.62. The Hall–Kier alpha value is -2.30. The van der Waals surface area contributed by atoms with Crippen LogP contribution in [0.4, 0.5) is 5.82 Å². The van der Waals surface area contributed by atoms with Gasteiger partial charge < -0.3 is 14.8 Å². The van der Waals surface area contributed by atoms with Gasteiger partial charge in [-0.05, 0) is 24.1 Å². The summed E-state index contributed by atoms with van der Waals surface area (Å²) in [5.74, 6) is 2.21. The molecule has 2 rings (SSSR count). The fraction of sp³-hybridized carbons (Fsp3) is 0.333. The lowest BCUT2D eigenvalue weighted by Gasteiger charge is -2.11. The van der Waals surface area contributed by atoms with E-state index in [4.69, 9.17) is 9.47 Å². The summed E-state index contributed by atoms with van der Waals surface area (Å²) >= 11 is 0. The van der Waals surface area contributed by atoms with Gasteiger partial charge in [0.25, 0.3) is 5.88 Å². The first kappa shape index (κ1) is 14.1. The molecule has 5 heteroatoms. The first-order valence-electron chi connectivity index (χ1n) is 6.62.